The van der Waals surface area contributed by atoms with Gasteiger partial charge in [0.15, 0.2) is 0 Å². The fourth-order valence-electron chi connectivity index (χ4n) is 2.17. The summed E-state index contributed by atoms with van der Waals surface area (Å²) in [6.45, 7) is 2.92. The molecule has 1 aromatic heterocycles. The second-order valence-electron chi connectivity index (χ2n) is 4.83. The lowest BCUT2D eigenvalue weighted by molar-refractivity contribution is 0.484. The van der Waals surface area contributed by atoms with Crippen LogP contribution in [0.4, 0.5) is 4.39 Å². The second kappa shape index (κ2) is 6.86. The summed E-state index contributed by atoms with van der Waals surface area (Å²) in [6, 6.07) is 4.72. The molecular weight excluding hydrogens is 277 g/mol. The summed E-state index contributed by atoms with van der Waals surface area (Å²) in [5, 5.41) is 3.79. The Balaban J connectivity index is 2.24. The molecule has 20 heavy (non-hydrogen) atoms. The van der Waals surface area contributed by atoms with E-state index in [9.17, 15) is 4.39 Å². The topological polar surface area (TPSA) is 29.9 Å². The molecule has 2 rings (SSSR count). The van der Waals surface area contributed by atoms with Crippen molar-refractivity contribution in [2.24, 2.45) is 7.05 Å². The highest BCUT2D eigenvalue weighted by Crippen LogP contribution is 2.23. The van der Waals surface area contributed by atoms with Gasteiger partial charge in [-0.15, -0.1) is 0 Å². The number of imidazole rings is 1. The van der Waals surface area contributed by atoms with Gasteiger partial charge >= 0.3 is 0 Å². The maximum atomic E-state index is 14.1. The molecular formula is C15H19ClFN3. The lowest BCUT2D eigenvalue weighted by Gasteiger charge is -2.19. The van der Waals surface area contributed by atoms with Gasteiger partial charge in [-0.2, -0.15) is 0 Å². The molecule has 0 saturated heterocycles. The number of nitrogens with zero attached hydrogens (tertiary/aromatic N) is 2. The van der Waals surface area contributed by atoms with Crippen molar-refractivity contribution in [2.75, 3.05) is 6.54 Å². The van der Waals surface area contributed by atoms with Crippen LogP contribution in [0, 0.1) is 5.82 Å². The van der Waals surface area contributed by atoms with Crippen LogP contribution >= 0.6 is 11.6 Å². The molecule has 1 atom stereocenters. The van der Waals surface area contributed by atoms with Crippen molar-refractivity contribution < 1.29 is 4.39 Å². The minimum absolute atomic E-state index is 0.103. The Kier molecular flexibility index (Phi) is 5.15. The van der Waals surface area contributed by atoms with E-state index >= 15 is 0 Å². The Morgan fingerprint density at radius 1 is 1.45 bits per heavy atom. The standard InChI is InChI=1S/C15H19ClFN3/c1-3-6-18-14(10-15-19-7-8-20(15)2)12-5-4-11(16)9-13(12)17/h4-5,7-9,14,18H,3,6,10H2,1-2H3. The second-order valence-corrected chi connectivity index (χ2v) is 5.27. The van der Waals surface area contributed by atoms with Gasteiger partial charge < -0.3 is 9.88 Å². The maximum absolute atomic E-state index is 14.1. The van der Waals surface area contributed by atoms with Crippen molar-refractivity contribution >= 4 is 11.6 Å². The van der Waals surface area contributed by atoms with Crippen molar-refractivity contribution in [3.8, 4) is 0 Å². The molecule has 0 amide bonds. The van der Waals surface area contributed by atoms with Gasteiger partial charge in [-0.05, 0) is 25.1 Å². The van der Waals surface area contributed by atoms with Crippen LogP contribution in [0.5, 0.6) is 0 Å². The predicted octanol–water partition coefficient (Wildman–Crippen LogP) is 3.50. The lowest BCUT2D eigenvalue weighted by Crippen LogP contribution is -2.26. The van der Waals surface area contributed by atoms with Gasteiger partial charge in [0.1, 0.15) is 11.6 Å². The third-order valence-corrected chi connectivity index (χ3v) is 3.52. The molecule has 0 bridgehead atoms. The maximum Gasteiger partial charge on any atom is 0.129 e. The molecule has 0 fully saturated rings. The molecule has 108 valence electrons. The van der Waals surface area contributed by atoms with E-state index in [0.29, 0.717) is 17.0 Å². The summed E-state index contributed by atoms with van der Waals surface area (Å²) in [4.78, 5) is 4.31. The van der Waals surface area contributed by atoms with Crippen LogP contribution in [-0.4, -0.2) is 16.1 Å². The van der Waals surface area contributed by atoms with E-state index in [1.807, 2.05) is 17.8 Å². The number of aromatic nitrogens is 2. The Hall–Kier alpha value is -1.39. The molecule has 0 spiro atoms. The Labute approximate surface area is 123 Å². The quantitative estimate of drug-likeness (QED) is 0.884. The van der Waals surface area contributed by atoms with Gasteiger partial charge in [-0.1, -0.05) is 24.6 Å². The molecule has 1 heterocycles. The minimum Gasteiger partial charge on any atom is -0.338 e. The van der Waals surface area contributed by atoms with Crippen molar-refractivity contribution in [3.63, 3.8) is 0 Å². The zero-order valence-electron chi connectivity index (χ0n) is 11.7. The van der Waals surface area contributed by atoms with Crippen LogP contribution in [0.2, 0.25) is 5.02 Å². The van der Waals surface area contributed by atoms with Gasteiger partial charge in [-0.25, -0.2) is 9.37 Å². The zero-order valence-corrected chi connectivity index (χ0v) is 12.5. The molecule has 0 radical (unpaired) electrons. The summed E-state index contributed by atoms with van der Waals surface area (Å²) in [6.07, 6.45) is 5.28. The zero-order chi connectivity index (χ0) is 14.5. The SMILES string of the molecule is CCCNC(Cc1nccn1C)c1ccc(Cl)cc1F. The molecule has 0 aliphatic rings. The Morgan fingerprint density at radius 3 is 2.85 bits per heavy atom. The molecule has 0 saturated carbocycles. The van der Waals surface area contributed by atoms with Crippen LogP contribution in [0.15, 0.2) is 30.6 Å². The number of hydrogen-bond acceptors (Lipinski definition) is 2. The van der Waals surface area contributed by atoms with Crippen molar-refractivity contribution in [2.45, 2.75) is 25.8 Å². The van der Waals surface area contributed by atoms with Gasteiger partial charge in [0, 0.05) is 42.5 Å². The number of halogens is 2. The van der Waals surface area contributed by atoms with Gasteiger partial charge in [-0.3, -0.25) is 0 Å². The van der Waals surface area contributed by atoms with E-state index < -0.39 is 0 Å². The van der Waals surface area contributed by atoms with Crippen LogP contribution in [-0.2, 0) is 13.5 Å². The fourth-order valence-corrected chi connectivity index (χ4v) is 2.33. The summed E-state index contributed by atoms with van der Waals surface area (Å²) >= 11 is 5.82. The summed E-state index contributed by atoms with van der Waals surface area (Å²) in [5.41, 5.74) is 0.630. The number of hydrogen-bond donors (Lipinski definition) is 1. The van der Waals surface area contributed by atoms with E-state index in [1.165, 1.54) is 6.07 Å². The lowest BCUT2D eigenvalue weighted by atomic mass is 10.0. The van der Waals surface area contributed by atoms with Gasteiger partial charge in [0.2, 0.25) is 0 Å². The molecule has 0 aliphatic heterocycles. The highest BCUT2D eigenvalue weighted by molar-refractivity contribution is 6.30. The molecule has 1 N–H and O–H groups in total. The number of benzene rings is 1. The number of nitrogens with one attached hydrogen (secondary N) is 1. The van der Waals surface area contributed by atoms with E-state index in [0.717, 1.165) is 18.8 Å². The number of aryl methyl sites for hydroxylation is 1. The first-order valence-electron chi connectivity index (χ1n) is 6.76. The smallest absolute Gasteiger partial charge is 0.129 e. The van der Waals surface area contributed by atoms with E-state index in [4.69, 9.17) is 11.6 Å². The normalized spacial score (nSPS) is 12.6. The largest absolute Gasteiger partial charge is 0.338 e. The van der Waals surface area contributed by atoms with Gasteiger partial charge in [0.05, 0.1) is 0 Å². The summed E-state index contributed by atoms with van der Waals surface area (Å²) in [5.74, 6) is 0.647. The minimum atomic E-state index is -0.277. The average molecular weight is 296 g/mol. The average Bonchev–Trinajstić information content (AvgIpc) is 2.80. The predicted molar refractivity (Wildman–Crippen MR) is 79.4 cm³/mol. The highest BCUT2D eigenvalue weighted by atomic mass is 35.5. The Morgan fingerprint density at radius 2 is 2.25 bits per heavy atom. The third kappa shape index (κ3) is 3.58. The first-order chi connectivity index (χ1) is 9.61. The monoisotopic (exact) mass is 295 g/mol. The summed E-state index contributed by atoms with van der Waals surface area (Å²) < 4.78 is 16.1. The van der Waals surface area contributed by atoms with E-state index in [2.05, 4.69) is 17.2 Å². The van der Waals surface area contributed by atoms with E-state index in [-0.39, 0.29) is 11.9 Å². The summed E-state index contributed by atoms with van der Waals surface area (Å²) in [7, 11) is 1.94. The first kappa shape index (κ1) is 15.0. The molecule has 2 aromatic rings. The van der Waals surface area contributed by atoms with Crippen molar-refractivity contribution in [1.29, 1.82) is 0 Å². The van der Waals surface area contributed by atoms with E-state index in [1.54, 1.807) is 18.3 Å². The fraction of sp³-hybridized carbons (Fsp3) is 0.400. The molecule has 1 unspecified atom stereocenters. The van der Waals surface area contributed by atoms with Crippen LogP contribution in [0.3, 0.4) is 0 Å². The first-order valence-corrected chi connectivity index (χ1v) is 7.14. The van der Waals surface area contributed by atoms with Crippen molar-refractivity contribution in [1.82, 2.24) is 14.9 Å². The molecule has 3 nitrogen and oxygen atoms in total. The van der Waals surface area contributed by atoms with Crippen LogP contribution < -0.4 is 5.32 Å². The van der Waals surface area contributed by atoms with Crippen LogP contribution in [0.1, 0.15) is 30.8 Å². The highest BCUT2D eigenvalue weighted by Gasteiger charge is 2.17. The third-order valence-electron chi connectivity index (χ3n) is 3.29. The van der Waals surface area contributed by atoms with Gasteiger partial charge in [0.25, 0.3) is 0 Å². The number of rotatable bonds is 6. The van der Waals surface area contributed by atoms with Crippen molar-refractivity contribution in [3.05, 3.63) is 52.8 Å². The molecule has 1 aromatic carbocycles. The molecule has 5 heteroatoms. The molecule has 0 aliphatic carbocycles. The Bertz CT molecular complexity index is 568. The van der Waals surface area contributed by atoms with Crippen LogP contribution in [0.25, 0.3) is 0 Å².